The Kier molecular flexibility index (Phi) is 9.79. The first-order valence-corrected chi connectivity index (χ1v) is 15.1. The number of aryl methyl sites for hydroxylation is 2. The lowest BCUT2D eigenvalue weighted by molar-refractivity contribution is 0.0691. The van der Waals surface area contributed by atoms with Gasteiger partial charge >= 0.3 is 6.09 Å². The minimum Gasteiger partial charge on any atom is -0.410 e. The van der Waals surface area contributed by atoms with Gasteiger partial charge in [0.2, 0.25) is 0 Å². The maximum atomic E-state index is 13.1. The minimum absolute atomic E-state index is 0.0478. The van der Waals surface area contributed by atoms with Gasteiger partial charge in [0.05, 0.1) is 41.6 Å². The number of hydrogen-bond donors (Lipinski definition) is 4. The van der Waals surface area contributed by atoms with Crippen molar-refractivity contribution in [2.45, 2.75) is 46.1 Å². The SMILES string of the molecule is Cc1ccc(OC(=O)Nc2cc(C)c(C(=O)NCC(C)(C)O)nc2-c2ccc(Cc3cnc(C4=CCOCC4)c(N)c3)cc2)cc1. The number of carbonyl (C=O) groups is 2. The van der Waals surface area contributed by atoms with E-state index in [4.69, 9.17) is 15.2 Å². The zero-order chi connectivity index (χ0) is 32.8. The van der Waals surface area contributed by atoms with Crippen LogP contribution in [0.1, 0.15) is 58.7 Å². The second-order valence-corrected chi connectivity index (χ2v) is 12.1. The molecule has 5 N–H and O–H groups in total. The number of carbonyl (C=O) groups excluding carboxylic acids is 2. The van der Waals surface area contributed by atoms with Gasteiger partial charge < -0.3 is 25.6 Å². The number of rotatable bonds is 9. The van der Waals surface area contributed by atoms with Gasteiger partial charge in [0, 0.05) is 18.3 Å². The highest BCUT2D eigenvalue weighted by Gasteiger charge is 2.21. The predicted octanol–water partition coefficient (Wildman–Crippen LogP) is 5.85. The summed E-state index contributed by atoms with van der Waals surface area (Å²) in [5.74, 6) is -0.0368. The minimum atomic E-state index is -1.09. The van der Waals surface area contributed by atoms with Crippen LogP contribution in [0.15, 0.2) is 72.9 Å². The number of aliphatic hydroxyl groups is 1. The van der Waals surface area contributed by atoms with Gasteiger partial charge in [-0.25, -0.2) is 9.78 Å². The first-order chi connectivity index (χ1) is 21.9. The molecule has 1 aliphatic rings. The Morgan fingerprint density at radius 2 is 1.76 bits per heavy atom. The molecule has 0 fully saturated rings. The summed E-state index contributed by atoms with van der Waals surface area (Å²) in [4.78, 5) is 35.3. The van der Waals surface area contributed by atoms with E-state index in [9.17, 15) is 14.7 Å². The number of nitrogen functional groups attached to an aromatic ring is 1. The van der Waals surface area contributed by atoms with Crippen molar-refractivity contribution in [2.75, 3.05) is 30.8 Å². The molecule has 0 saturated heterocycles. The van der Waals surface area contributed by atoms with Crippen LogP contribution < -0.4 is 21.1 Å². The molecule has 2 aromatic carbocycles. The molecular formula is C36H39N5O5. The highest BCUT2D eigenvalue weighted by Crippen LogP contribution is 2.30. The third kappa shape index (κ3) is 8.35. The Morgan fingerprint density at radius 3 is 2.41 bits per heavy atom. The zero-order valence-corrected chi connectivity index (χ0v) is 26.5. The van der Waals surface area contributed by atoms with E-state index in [0.29, 0.717) is 53.6 Å². The summed E-state index contributed by atoms with van der Waals surface area (Å²) in [7, 11) is 0. The van der Waals surface area contributed by atoms with Gasteiger partial charge in [0.25, 0.3) is 5.91 Å². The third-order valence-corrected chi connectivity index (χ3v) is 7.45. The molecule has 4 aromatic rings. The first-order valence-electron chi connectivity index (χ1n) is 15.1. The molecule has 2 amide bonds. The monoisotopic (exact) mass is 621 g/mol. The van der Waals surface area contributed by atoms with Gasteiger partial charge in [0.15, 0.2) is 0 Å². The van der Waals surface area contributed by atoms with Crippen LogP contribution >= 0.6 is 0 Å². The lowest BCUT2D eigenvalue weighted by Crippen LogP contribution is -2.38. The van der Waals surface area contributed by atoms with Crippen molar-refractivity contribution >= 4 is 28.9 Å². The molecule has 0 bridgehead atoms. The molecule has 2 aromatic heterocycles. The van der Waals surface area contributed by atoms with Gasteiger partial charge in [-0.2, -0.15) is 0 Å². The van der Waals surface area contributed by atoms with Crippen molar-refractivity contribution < 1.29 is 24.2 Å². The molecule has 3 heterocycles. The van der Waals surface area contributed by atoms with Crippen LogP contribution in [0.3, 0.4) is 0 Å². The van der Waals surface area contributed by atoms with E-state index < -0.39 is 17.6 Å². The lowest BCUT2D eigenvalue weighted by atomic mass is 10.00. The van der Waals surface area contributed by atoms with Gasteiger partial charge in [-0.15, -0.1) is 0 Å². The van der Waals surface area contributed by atoms with E-state index in [1.54, 1.807) is 39.0 Å². The molecule has 0 aliphatic carbocycles. The first kappa shape index (κ1) is 32.3. The van der Waals surface area contributed by atoms with Gasteiger partial charge in [-0.1, -0.05) is 48.0 Å². The van der Waals surface area contributed by atoms with E-state index in [0.717, 1.165) is 34.4 Å². The number of nitrogens with zero attached hydrogens (tertiary/aromatic N) is 2. The second-order valence-electron chi connectivity index (χ2n) is 12.1. The van der Waals surface area contributed by atoms with E-state index in [1.165, 1.54) is 0 Å². The number of pyridine rings is 2. The maximum absolute atomic E-state index is 13.1. The number of amides is 2. The van der Waals surface area contributed by atoms with Crippen LogP contribution in [-0.4, -0.2) is 52.4 Å². The quantitative estimate of drug-likeness (QED) is 0.182. The standard InChI is InChI=1S/C36H39N5O5/c1-22-5-11-28(12-6-22)46-35(43)40-30-17-23(2)31(34(42)39-21-36(3,4)44)41-33(30)26-9-7-24(8-10-26)18-25-19-29(37)32(38-20-25)27-13-15-45-16-14-27/h5-13,17,19-20,44H,14-16,18,21,37H2,1-4H3,(H,39,42)(H,40,43). The molecule has 238 valence electrons. The van der Waals surface area contributed by atoms with E-state index in [1.807, 2.05) is 61.7 Å². The Morgan fingerprint density at radius 1 is 1.02 bits per heavy atom. The summed E-state index contributed by atoms with van der Waals surface area (Å²) in [6.45, 7) is 8.17. The molecule has 46 heavy (non-hydrogen) atoms. The molecule has 10 heteroatoms. The molecule has 5 rings (SSSR count). The molecule has 1 aliphatic heterocycles. The van der Waals surface area contributed by atoms with E-state index in [-0.39, 0.29) is 12.2 Å². The second kappa shape index (κ2) is 13.9. The van der Waals surface area contributed by atoms with Crippen LogP contribution in [0.2, 0.25) is 0 Å². The number of ether oxygens (including phenoxy) is 2. The van der Waals surface area contributed by atoms with E-state index >= 15 is 0 Å². The van der Waals surface area contributed by atoms with E-state index in [2.05, 4.69) is 20.6 Å². The van der Waals surface area contributed by atoms with Crippen LogP contribution in [0.4, 0.5) is 16.2 Å². The summed E-state index contributed by atoms with van der Waals surface area (Å²) in [6, 6.07) is 18.5. The number of benzene rings is 2. The Balaban J connectivity index is 1.40. The predicted molar refractivity (Wildman–Crippen MR) is 179 cm³/mol. The number of nitrogens with one attached hydrogen (secondary N) is 2. The van der Waals surface area contributed by atoms with Gasteiger partial charge in [0.1, 0.15) is 11.4 Å². The smallest absolute Gasteiger partial charge is 0.410 e. The summed E-state index contributed by atoms with van der Waals surface area (Å²) in [5.41, 5.74) is 13.0. The van der Waals surface area contributed by atoms with Crippen LogP contribution in [0.5, 0.6) is 5.75 Å². The van der Waals surface area contributed by atoms with Gasteiger partial charge in [-0.05, 0) is 87.1 Å². The third-order valence-electron chi connectivity index (χ3n) is 7.45. The number of hydrogen-bond acceptors (Lipinski definition) is 8. The molecular weight excluding hydrogens is 582 g/mol. The molecule has 0 unspecified atom stereocenters. The Bertz CT molecular complexity index is 1760. The fraction of sp³-hybridized carbons (Fsp3) is 0.278. The Hall–Kier alpha value is -5.06. The lowest BCUT2D eigenvalue weighted by Gasteiger charge is -2.19. The highest BCUT2D eigenvalue weighted by atomic mass is 16.6. The summed E-state index contributed by atoms with van der Waals surface area (Å²) >= 11 is 0. The maximum Gasteiger partial charge on any atom is 0.417 e. The number of aromatic nitrogens is 2. The van der Waals surface area contributed by atoms with Gasteiger partial charge in [-0.3, -0.25) is 15.1 Å². The van der Waals surface area contributed by atoms with Crippen molar-refractivity contribution in [3.63, 3.8) is 0 Å². The molecule has 10 nitrogen and oxygen atoms in total. The largest absolute Gasteiger partial charge is 0.417 e. The molecule has 0 radical (unpaired) electrons. The van der Waals surface area contributed by atoms with Crippen molar-refractivity contribution in [2.24, 2.45) is 0 Å². The average molecular weight is 622 g/mol. The van der Waals surface area contributed by atoms with Crippen molar-refractivity contribution in [1.29, 1.82) is 0 Å². The van der Waals surface area contributed by atoms with Crippen LogP contribution in [-0.2, 0) is 11.2 Å². The zero-order valence-electron chi connectivity index (χ0n) is 26.5. The molecule has 0 saturated carbocycles. The number of nitrogens with two attached hydrogens (primary N) is 1. The normalized spacial score (nSPS) is 13.1. The van der Waals surface area contributed by atoms with Crippen LogP contribution in [0.25, 0.3) is 16.8 Å². The summed E-state index contributed by atoms with van der Waals surface area (Å²) in [6.07, 6.45) is 4.58. The van der Waals surface area contributed by atoms with Crippen molar-refractivity contribution in [3.05, 3.63) is 107 Å². The van der Waals surface area contributed by atoms with Crippen molar-refractivity contribution in [3.8, 4) is 17.0 Å². The average Bonchev–Trinajstić information content (AvgIpc) is 3.02. The molecule has 0 atom stereocenters. The topological polar surface area (TPSA) is 149 Å². The fourth-order valence-corrected chi connectivity index (χ4v) is 5.04. The Labute approximate surface area is 268 Å². The fourth-order valence-electron chi connectivity index (χ4n) is 5.04. The van der Waals surface area contributed by atoms with Crippen molar-refractivity contribution in [1.82, 2.24) is 15.3 Å². The highest BCUT2D eigenvalue weighted by molar-refractivity contribution is 5.97. The molecule has 0 spiro atoms. The van der Waals surface area contributed by atoms with Crippen LogP contribution in [0, 0.1) is 13.8 Å². The summed E-state index contributed by atoms with van der Waals surface area (Å²) in [5, 5.41) is 15.6. The number of anilines is 2. The summed E-state index contributed by atoms with van der Waals surface area (Å²) < 4.78 is 10.9.